The van der Waals surface area contributed by atoms with Gasteiger partial charge in [0.15, 0.2) is 17.3 Å². The van der Waals surface area contributed by atoms with E-state index in [9.17, 15) is 4.79 Å². The topological polar surface area (TPSA) is 35.5 Å². The Morgan fingerprint density at radius 3 is 2.67 bits per heavy atom. The number of allylic oxidation sites excluding steroid dienone is 1. The fraction of sp³-hybridized carbons (Fsp3) is 0.208. The van der Waals surface area contributed by atoms with E-state index in [1.165, 1.54) is 4.88 Å². The summed E-state index contributed by atoms with van der Waals surface area (Å²) in [5.41, 5.74) is 1.64. The first-order chi connectivity index (χ1) is 14.5. The van der Waals surface area contributed by atoms with Gasteiger partial charge in [-0.15, -0.1) is 11.3 Å². The van der Waals surface area contributed by atoms with E-state index < -0.39 is 0 Å². The number of carbonyl (C=O) groups is 1. The predicted molar refractivity (Wildman–Crippen MR) is 125 cm³/mol. The number of ether oxygens (including phenoxy) is 2. The summed E-state index contributed by atoms with van der Waals surface area (Å²) >= 11 is 13.6. The van der Waals surface area contributed by atoms with Gasteiger partial charge in [-0.05, 0) is 54.5 Å². The number of halogens is 2. The van der Waals surface area contributed by atoms with Crippen LogP contribution in [0.4, 0.5) is 0 Å². The number of hydrogen-bond acceptors (Lipinski definition) is 4. The number of ketones is 1. The maximum atomic E-state index is 12.6. The number of para-hydroxylation sites is 1. The highest BCUT2D eigenvalue weighted by molar-refractivity contribution is 7.14. The Bertz CT molecular complexity index is 1060. The summed E-state index contributed by atoms with van der Waals surface area (Å²) in [6.45, 7) is 2.42. The van der Waals surface area contributed by atoms with Crippen molar-refractivity contribution in [1.29, 1.82) is 0 Å². The molecule has 0 fully saturated rings. The number of methoxy groups -OCH3 is 1. The minimum Gasteiger partial charge on any atom is -0.493 e. The molecule has 0 atom stereocenters. The van der Waals surface area contributed by atoms with Gasteiger partial charge >= 0.3 is 0 Å². The first-order valence-corrected chi connectivity index (χ1v) is 11.1. The van der Waals surface area contributed by atoms with Crippen molar-refractivity contribution < 1.29 is 14.3 Å². The molecule has 3 nitrogen and oxygen atoms in total. The molecule has 3 aromatic rings. The molecule has 0 amide bonds. The molecule has 0 aliphatic heterocycles. The van der Waals surface area contributed by atoms with Gasteiger partial charge in [0.05, 0.1) is 22.0 Å². The van der Waals surface area contributed by atoms with Crippen LogP contribution in [0.1, 0.15) is 39.0 Å². The molecule has 30 heavy (non-hydrogen) atoms. The summed E-state index contributed by atoms with van der Waals surface area (Å²) < 4.78 is 11.5. The molecule has 6 heteroatoms. The average molecular weight is 461 g/mol. The van der Waals surface area contributed by atoms with Crippen LogP contribution in [0.15, 0.2) is 54.6 Å². The third-order valence-corrected chi connectivity index (χ3v) is 6.31. The number of hydrogen-bond donors (Lipinski definition) is 0. The Morgan fingerprint density at radius 1 is 1.10 bits per heavy atom. The van der Waals surface area contributed by atoms with Crippen molar-refractivity contribution >= 4 is 46.4 Å². The lowest BCUT2D eigenvalue weighted by Crippen LogP contribution is -2.00. The lowest BCUT2D eigenvalue weighted by molar-refractivity contribution is 0.105. The molecule has 0 radical (unpaired) electrons. The monoisotopic (exact) mass is 460 g/mol. The van der Waals surface area contributed by atoms with Crippen molar-refractivity contribution in [3.05, 3.63) is 85.5 Å². The number of aryl methyl sites for hydroxylation is 1. The highest BCUT2D eigenvalue weighted by Gasteiger charge is 2.11. The second-order valence-corrected chi connectivity index (χ2v) is 8.61. The summed E-state index contributed by atoms with van der Waals surface area (Å²) in [7, 11) is 1.58. The van der Waals surface area contributed by atoms with Gasteiger partial charge in [-0.1, -0.05) is 54.7 Å². The number of thiophene rings is 1. The lowest BCUT2D eigenvalue weighted by Gasteiger charge is -2.14. The highest BCUT2D eigenvalue weighted by atomic mass is 35.5. The fourth-order valence-electron chi connectivity index (χ4n) is 2.90. The van der Waals surface area contributed by atoms with E-state index in [1.54, 1.807) is 42.7 Å². The Kier molecular flexibility index (Phi) is 7.97. The minimum atomic E-state index is -0.0272. The van der Waals surface area contributed by atoms with Crippen molar-refractivity contribution in [3.8, 4) is 11.5 Å². The summed E-state index contributed by atoms with van der Waals surface area (Å²) in [5.74, 6) is 1.12. The maximum Gasteiger partial charge on any atom is 0.195 e. The molecule has 0 aliphatic carbocycles. The zero-order chi connectivity index (χ0) is 21.5. The Balaban J connectivity index is 1.79. The van der Waals surface area contributed by atoms with Crippen LogP contribution >= 0.6 is 34.5 Å². The number of rotatable bonds is 9. The lowest BCUT2D eigenvalue weighted by atomic mass is 10.1. The molecule has 0 N–H and O–H groups in total. The molecule has 0 spiro atoms. The van der Waals surface area contributed by atoms with Gasteiger partial charge in [-0.25, -0.2) is 0 Å². The van der Waals surface area contributed by atoms with Gasteiger partial charge in [0.2, 0.25) is 0 Å². The standard InChI is InChI=1S/C24H22Cl2O3S/c1-3-5-18-10-13-23(30-18)21(27)12-9-17-6-4-7-22(28-2)24(17)29-15-16-8-11-19(25)20(26)14-16/h4,6-14H,3,5,15H2,1-2H3/b12-9+. The molecule has 0 unspecified atom stereocenters. The van der Waals surface area contributed by atoms with Crippen LogP contribution in [0.5, 0.6) is 11.5 Å². The van der Waals surface area contributed by atoms with Crippen molar-refractivity contribution in [2.45, 2.75) is 26.4 Å². The van der Waals surface area contributed by atoms with E-state index in [4.69, 9.17) is 32.7 Å². The third kappa shape index (κ3) is 5.66. The number of carbonyl (C=O) groups excluding carboxylic acids is 1. The van der Waals surface area contributed by atoms with Gasteiger partial charge in [0.25, 0.3) is 0 Å². The normalized spacial score (nSPS) is 11.1. The molecular formula is C24H22Cl2O3S. The van der Waals surface area contributed by atoms with Crippen molar-refractivity contribution in [2.75, 3.05) is 7.11 Å². The molecule has 1 aromatic heterocycles. The zero-order valence-corrected chi connectivity index (χ0v) is 19.1. The van der Waals surface area contributed by atoms with Crippen molar-refractivity contribution in [1.82, 2.24) is 0 Å². The summed E-state index contributed by atoms with van der Waals surface area (Å²) in [6.07, 6.45) is 5.38. The third-order valence-electron chi connectivity index (χ3n) is 4.41. The van der Waals surface area contributed by atoms with Crippen molar-refractivity contribution in [3.63, 3.8) is 0 Å². The Hall–Kier alpha value is -2.27. The van der Waals surface area contributed by atoms with Crippen LogP contribution in [0.2, 0.25) is 10.0 Å². The van der Waals surface area contributed by atoms with Crippen LogP contribution in [-0.2, 0) is 13.0 Å². The summed E-state index contributed by atoms with van der Waals surface area (Å²) in [6, 6.07) is 14.8. The molecular weight excluding hydrogens is 439 g/mol. The van der Waals surface area contributed by atoms with Gasteiger partial charge in [0.1, 0.15) is 6.61 Å². The smallest absolute Gasteiger partial charge is 0.195 e. The van der Waals surface area contributed by atoms with E-state index in [2.05, 4.69) is 6.92 Å². The molecule has 156 valence electrons. The fourth-order valence-corrected chi connectivity index (χ4v) is 4.25. The van der Waals surface area contributed by atoms with Crippen LogP contribution in [-0.4, -0.2) is 12.9 Å². The van der Waals surface area contributed by atoms with Gasteiger partial charge in [-0.3, -0.25) is 4.79 Å². The van der Waals surface area contributed by atoms with E-state index in [0.717, 1.165) is 28.8 Å². The second-order valence-electron chi connectivity index (χ2n) is 6.63. The second kappa shape index (κ2) is 10.7. The Labute approximate surface area is 190 Å². The quantitative estimate of drug-likeness (QED) is 0.245. The highest BCUT2D eigenvalue weighted by Crippen LogP contribution is 2.33. The minimum absolute atomic E-state index is 0.0272. The van der Waals surface area contributed by atoms with E-state index in [1.807, 2.05) is 36.4 Å². The molecule has 0 bridgehead atoms. The molecule has 0 saturated carbocycles. The molecule has 1 heterocycles. The molecule has 3 rings (SSSR count). The van der Waals surface area contributed by atoms with Crippen LogP contribution in [0.25, 0.3) is 6.08 Å². The molecule has 0 saturated heterocycles. The van der Waals surface area contributed by atoms with Crippen LogP contribution in [0.3, 0.4) is 0 Å². The predicted octanol–water partition coefficient (Wildman–Crippen LogP) is 7.49. The summed E-state index contributed by atoms with van der Waals surface area (Å²) in [5, 5.41) is 0.970. The first-order valence-electron chi connectivity index (χ1n) is 9.56. The first kappa shape index (κ1) is 22.4. The average Bonchev–Trinajstić information content (AvgIpc) is 3.22. The van der Waals surface area contributed by atoms with Crippen LogP contribution in [0, 0.1) is 0 Å². The van der Waals surface area contributed by atoms with E-state index in [-0.39, 0.29) is 12.4 Å². The van der Waals surface area contributed by atoms with Crippen LogP contribution < -0.4 is 9.47 Å². The van der Waals surface area contributed by atoms with Crippen molar-refractivity contribution in [2.24, 2.45) is 0 Å². The van der Waals surface area contributed by atoms with E-state index >= 15 is 0 Å². The van der Waals surface area contributed by atoms with Gasteiger partial charge in [0, 0.05) is 10.4 Å². The molecule has 0 aliphatic rings. The van der Waals surface area contributed by atoms with Gasteiger partial charge < -0.3 is 9.47 Å². The largest absolute Gasteiger partial charge is 0.493 e. The van der Waals surface area contributed by atoms with E-state index in [0.29, 0.717) is 21.5 Å². The SMILES string of the molecule is CCCc1ccc(C(=O)/C=C/c2cccc(OC)c2OCc2ccc(Cl)c(Cl)c2)s1. The zero-order valence-electron chi connectivity index (χ0n) is 16.8. The van der Waals surface area contributed by atoms with Gasteiger partial charge in [-0.2, -0.15) is 0 Å². The summed E-state index contributed by atoms with van der Waals surface area (Å²) in [4.78, 5) is 14.5. The Morgan fingerprint density at radius 2 is 1.93 bits per heavy atom. The molecule has 2 aromatic carbocycles. The maximum absolute atomic E-state index is 12.6. The number of benzene rings is 2.